The molecule has 1 rings (SSSR count). The molecular weight excluding hydrogens is 164 g/mol. The summed E-state index contributed by atoms with van der Waals surface area (Å²) in [5.74, 6) is 0. The van der Waals surface area contributed by atoms with Gasteiger partial charge in [0, 0.05) is 7.11 Å². The fraction of sp³-hybridized carbons (Fsp3) is 0.455. The van der Waals surface area contributed by atoms with Gasteiger partial charge in [-0.2, -0.15) is 0 Å². The average Bonchev–Trinajstić information content (AvgIpc) is 2.12. The smallest absolute Gasteiger partial charge is 0.102 e. The van der Waals surface area contributed by atoms with Gasteiger partial charge in [-0.3, -0.25) is 0 Å². The van der Waals surface area contributed by atoms with Crippen molar-refractivity contribution in [2.45, 2.75) is 25.0 Å². The third kappa shape index (κ3) is 2.29. The fourth-order valence-corrected chi connectivity index (χ4v) is 1.38. The summed E-state index contributed by atoms with van der Waals surface area (Å²) in [6.45, 7) is 5.60. The Hall–Kier alpha value is -0.860. The van der Waals surface area contributed by atoms with Crippen molar-refractivity contribution in [2.24, 2.45) is 0 Å². The molecule has 0 saturated carbocycles. The van der Waals surface area contributed by atoms with Gasteiger partial charge in [-0.15, -0.1) is 6.58 Å². The zero-order valence-electron chi connectivity index (χ0n) is 8.16. The van der Waals surface area contributed by atoms with Crippen LogP contribution >= 0.6 is 0 Å². The summed E-state index contributed by atoms with van der Waals surface area (Å²) >= 11 is 0. The van der Waals surface area contributed by atoms with Gasteiger partial charge in [0.15, 0.2) is 0 Å². The summed E-state index contributed by atoms with van der Waals surface area (Å²) in [6.07, 6.45) is 7.56. The Labute approximate surface area is 79.2 Å². The van der Waals surface area contributed by atoms with Gasteiger partial charge >= 0.3 is 0 Å². The molecule has 0 saturated heterocycles. The molecule has 0 aromatic carbocycles. The van der Waals surface area contributed by atoms with Crippen LogP contribution in [0.15, 0.2) is 36.5 Å². The van der Waals surface area contributed by atoms with Gasteiger partial charge in [-0.25, -0.2) is 0 Å². The Bertz CT molecular complexity index is 253. The number of allylic oxidation sites excluding steroid dienone is 1. The predicted molar refractivity (Wildman–Crippen MR) is 53.5 cm³/mol. The molecule has 0 aromatic heterocycles. The second kappa shape index (κ2) is 3.90. The van der Waals surface area contributed by atoms with Crippen LogP contribution < -0.4 is 0 Å². The highest BCUT2D eigenvalue weighted by Gasteiger charge is 2.23. The molecule has 2 nitrogen and oxygen atoms in total. The van der Waals surface area contributed by atoms with Crippen LogP contribution in [0, 0.1) is 0 Å². The van der Waals surface area contributed by atoms with E-state index in [0.717, 1.165) is 5.57 Å². The van der Waals surface area contributed by atoms with Gasteiger partial charge in [0.05, 0.1) is 6.10 Å². The van der Waals surface area contributed by atoms with Crippen LogP contribution in [0.5, 0.6) is 0 Å². The van der Waals surface area contributed by atoms with Crippen molar-refractivity contribution < 1.29 is 9.84 Å². The molecule has 1 N–H and O–H groups in total. The number of aliphatic hydroxyl groups excluding tert-OH is 1. The van der Waals surface area contributed by atoms with Gasteiger partial charge in [-0.05, 0) is 25.0 Å². The second-order valence-electron chi connectivity index (χ2n) is 3.40. The number of ether oxygens (including phenoxy) is 1. The lowest BCUT2D eigenvalue weighted by Gasteiger charge is -2.27. The summed E-state index contributed by atoms with van der Waals surface area (Å²) in [6, 6.07) is 0. The van der Waals surface area contributed by atoms with E-state index in [0.29, 0.717) is 6.42 Å². The Balaban J connectivity index is 2.85. The van der Waals surface area contributed by atoms with E-state index in [1.165, 1.54) is 0 Å². The molecule has 0 amide bonds. The average molecular weight is 180 g/mol. The van der Waals surface area contributed by atoms with E-state index in [4.69, 9.17) is 4.74 Å². The molecule has 2 heteroatoms. The van der Waals surface area contributed by atoms with Crippen molar-refractivity contribution in [1.82, 2.24) is 0 Å². The van der Waals surface area contributed by atoms with E-state index < -0.39 is 6.10 Å². The van der Waals surface area contributed by atoms with Crippen LogP contribution in [0.1, 0.15) is 13.3 Å². The van der Waals surface area contributed by atoms with Gasteiger partial charge < -0.3 is 9.84 Å². The van der Waals surface area contributed by atoms with E-state index in [1.54, 1.807) is 19.3 Å². The first-order chi connectivity index (χ1) is 6.11. The molecule has 1 aliphatic carbocycles. The molecular formula is C11H16O2. The molecule has 2 atom stereocenters. The molecule has 0 heterocycles. The van der Waals surface area contributed by atoms with Crippen LogP contribution in [-0.2, 0) is 4.74 Å². The van der Waals surface area contributed by atoms with Gasteiger partial charge in [0.1, 0.15) is 5.60 Å². The summed E-state index contributed by atoms with van der Waals surface area (Å²) < 4.78 is 5.29. The maximum Gasteiger partial charge on any atom is 0.102 e. The van der Waals surface area contributed by atoms with E-state index >= 15 is 0 Å². The minimum absolute atomic E-state index is 0.377. The Morgan fingerprint density at radius 1 is 1.77 bits per heavy atom. The Morgan fingerprint density at radius 3 is 3.00 bits per heavy atom. The third-order valence-corrected chi connectivity index (χ3v) is 2.28. The van der Waals surface area contributed by atoms with Gasteiger partial charge in [-0.1, -0.05) is 18.2 Å². The van der Waals surface area contributed by atoms with Crippen molar-refractivity contribution in [1.29, 1.82) is 0 Å². The normalized spacial score (nSPS) is 32.8. The van der Waals surface area contributed by atoms with Crippen molar-refractivity contribution in [3.05, 3.63) is 36.5 Å². The van der Waals surface area contributed by atoms with E-state index in [2.05, 4.69) is 6.58 Å². The highest BCUT2D eigenvalue weighted by Crippen LogP contribution is 2.25. The molecule has 0 bridgehead atoms. The van der Waals surface area contributed by atoms with Crippen molar-refractivity contribution in [2.75, 3.05) is 7.11 Å². The van der Waals surface area contributed by atoms with E-state index in [-0.39, 0.29) is 5.60 Å². The van der Waals surface area contributed by atoms with Crippen molar-refractivity contribution in [3.63, 3.8) is 0 Å². The lowest BCUT2D eigenvalue weighted by Crippen LogP contribution is -2.27. The van der Waals surface area contributed by atoms with Crippen molar-refractivity contribution >= 4 is 0 Å². The monoisotopic (exact) mass is 180 g/mol. The highest BCUT2D eigenvalue weighted by molar-refractivity contribution is 5.31. The zero-order valence-corrected chi connectivity index (χ0v) is 8.16. The maximum atomic E-state index is 9.57. The first kappa shape index (κ1) is 10.2. The number of methoxy groups -OCH3 is 1. The molecule has 1 aliphatic rings. The predicted octanol–water partition coefficient (Wildman–Crippen LogP) is 1.82. The highest BCUT2D eigenvalue weighted by atomic mass is 16.5. The number of hydrogen-bond donors (Lipinski definition) is 1. The molecule has 13 heavy (non-hydrogen) atoms. The SMILES string of the molecule is C=CCC1=C[C@](C)(OC)C=CC1O. The third-order valence-electron chi connectivity index (χ3n) is 2.28. The Morgan fingerprint density at radius 2 is 2.46 bits per heavy atom. The molecule has 0 aromatic rings. The standard InChI is InChI=1S/C11H16O2/c1-4-5-9-8-11(2,13-3)7-6-10(9)12/h4,6-8,10,12H,1,5H2,2-3H3/t10?,11-/m1/s1. The van der Waals surface area contributed by atoms with E-state index in [1.807, 2.05) is 19.1 Å². The molecule has 0 aliphatic heterocycles. The van der Waals surface area contributed by atoms with Crippen LogP contribution in [0.2, 0.25) is 0 Å². The van der Waals surface area contributed by atoms with Crippen molar-refractivity contribution in [3.8, 4) is 0 Å². The molecule has 1 unspecified atom stereocenters. The summed E-state index contributed by atoms with van der Waals surface area (Å²) in [5.41, 5.74) is 0.569. The molecule has 0 fully saturated rings. The second-order valence-corrected chi connectivity index (χ2v) is 3.40. The fourth-order valence-electron chi connectivity index (χ4n) is 1.38. The largest absolute Gasteiger partial charge is 0.385 e. The summed E-state index contributed by atoms with van der Waals surface area (Å²) in [4.78, 5) is 0. The van der Waals surface area contributed by atoms with Crippen LogP contribution in [0.3, 0.4) is 0 Å². The topological polar surface area (TPSA) is 29.5 Å². The van der Waals surface area contributed by atoms with Gasteiger partial charge in [0.2, 0.25) is 0 Å². The molecule has 72 valence electrons. The minimum atomic E-state index is -0.485. The number of rotatable bonds is 3. The lowest BCUT2D eigenvalue weighted by molar-refractivity contribution is 0.0840. The summed E-state index contributed by atoms with van der Waals surface area (Å²) in [5, 5.41) is 9.57. The molecule has 0 spiro atoms. The van der Waals surface area contributed by atoms with Crippen LogP contribution in [-0.4, -0.2) is 23.9 Å². The van der Waals surface area contributed by atoms with Gasteiger partial charge in [0.25, 0.3) is 0 Å². The van der Waals surface area contributed by atoms with Crippen LogP contribution in [0.4, 0.5) is 0 Å². The zero-order chi connectivity index (χ0) is 9.90. The van der Waals surface area contributed by atoms with Crippen LogP contribution in [0.25, 0.3) is 0 Å². The first-order valence-electron chi connectivity index (χ1n) is 4.36. The minimum Gasteiger partial charge on any atom is -0.385 e. The maximum absolute atomic E-state index is 9.57. The molecule has 0 radical (unpaired) electrons. The number of hydrogen-bond acceptors (Lipinski definition) is 2. The number of aliphatic hydroxyl groups is 1. The Kier molecular flexibility index (Phi) is 3.07. The lowest BCUT2D eigenvalue weighted by atomic mass is 9.91. The quantitative estimate of drug-likeness (QED) is 0.671. The summed E-state index contributed by atoms with van der Waals surface area (Å²) in [7, 11) is 1.66. The van der Waals surface area contributed by atoms with E-state index in [9.17, 15) is 5.11 Å². The first-order valence-corrected chi connectivity index (χ1v) is 4.36.